The highest BCUT2D eigenvalue weighted by molar-refractivity contribution is 14.1. The molecule has 0 saturated carbocycles. The molecule has 0 aliphatic rings. The minimum absolute atomic E-state index is 0.254. The molecule has 0 atom stereocenters. The van der Waals surface area contributed by atoms with Crippen molar-refractivity contribution in [1.82, 2.24) is 0 Å². The number of anilines is 1. The van der Waals surface area contributed by atoms with Gasteiger partial charge in [-0.15, -0.1) is 0 Å². The van der Waals surface area contributed by atoms with Gasteiger partial charge >= 0.3 is 5.97 Å². The van der Waals surface area contributed by atoms with Crippen LogP contribution in [0.5, 0.6) is 0 Å². The molecule has 0 aliphatic carbocycles. The molecule has 0 spiro atoms. The van der Waals surface area contributed by atoms with E-state index in [1.54, 1.807) is 49.4 Å². The van der Waals surface area contributed by atoms with Crippen molar-refractivity contribution in [3.05, 3.63) is 62.2 Å². The van der Waals surface area contributed by atoms with Crippen LogP contribution in [0.25, 0.3) is 0 Å². The van der Waals surface area contributed by atoms with Crippen LogP contribution in [-0.4, -0.2) is 18.5 Å². The van der Waals surface area contributed by atoms with Gasteiger partial charge in [0.05, 0.1) is 17.7 Å². The summed E-state index contributed by atoms with van der Waals surface area (Å²) in [6.45, 7) is 2.07. The normalized spacial score (nSPS) is 10.1. The van der Waals surface area contributed by atoms with Crippen LogP contribution in [0.15, 0.2) is 42.5 Å². The Kier molecular flexibility index (Phi) is 5.79. The molecule has 0 aliphatic heterocycles. The fourth-order valence-electron chi connectivity index (χ4n) is 1.77. The van der Waals surface area contributed by atoms with Crippen molar-refractivity contribution in [2.75, 3.05) is 11.9 Å². The smallest absolute Gasteiger partial charge is 0.338 e. The molecule has 6 heteroatoms. The first kappa shape index (κ1) is 16.8. The van der Waals surface area contributed by atoms with E-state index >= 15 is 0 Å². The Morgan fingerprint density at radius 1 is 1.18 bits per heavy atom. The van der Waals surface area contributed by atoms with Crippen molar-refractivity contribution in [1.29, 1.82) is 0 Å². The zero-order chi connectivity index (χ0) is 16.1. The van der Waals surface area contributed by atoms with E-state index in [-0.39, 0.29) is 11.9 Å². The van der Waals surface area contributed by atoms with Gasteiger partial charge in [0.1, 0.15) is 0 Å². The Hall–Kier alpha value is -1.60. The number of halogens is 2. The van der Waals surface area contributed by atoms with E-state index in [4.69, 9.17) is 16.3 Å². The second-order valence-electron chi connectivity index (χ2n) is 4.38. The van der Waals surface area contributed by atoms with Gasteiger partial charge in [0.2, 0.25) is 0 Å². The third kappa shape index (κ3) is 4.20. The molecule has 1 N–H and O–H groups in total. The molecule has 0 fully saturated rings. The molecule has 2 rings (SSSR count). The quantitative estimate of drug-likeness (QED) is 0.580. The predicted molar refractivity (Wildman–Crippen MR) is 94.5 cm³/mol. The maximum absolute atomic E-state index is 12.2. The van der Waals surface area contributed by atoms with E-state index in [9.17, 15) is 9.59 Å². The Bertz CT molecular complexity index is 701. The number of carbonyl (C=O) groups is 2. The van der Waals surface area contributed by atoms with Crippen molar-refractivity contribution < 1.29 is 14.3 Å². The number of ether oxygens (including phenoxy) is 1. The Balaban J connectivity index is 2.12. The lowest BCUT2D eigenvalue weighted by molar-refractivity contribution is 0.0526. The zero-order valence-corrected chi connectivity index (χ0v) is 14.6. The lowest BCUT2D eigenvalue weighted by Crippen LogP contribution is -2.13. The molecule has 2 aromatic carbocycles. The lowest BCUT2D eigenvalue weighted by atomic mass is 10.2. The van der Waals surface area contributed by atoms with Crippen LogP contribution in [0.4, 0.5) is 5.69 Å². The van der Waals surface area contributed by atoms with Crippen molar-refractivity contribution in [3.63, 3.8) is 0 Å². The summed E-state index contributed by atoms with van der Waals surface area (Å²) in [6, 6.07) is 11.7. The molecule has 1 amide bonds. The molecular formula is C16H13ClINO3. The number of esters is 1. The standard InChI is InChI=1S/C16H13ClINO3/c1-2-22-16(21)10-3-6-12(7-4-10)19-15(20)13-9-11(17)5-8-14(13)18/h3-9H,2H2,1H3,(H,19,20). The zero-order valence-electron chi connectivity index (χ0n) is 11.7. The van der Waals surface area contributed by atoms with E-state index in [1.807, 2.05) is 0 Å². The van der Waals surface area contributed by atoms with Crippen molar-refractivity contribution in [3.8, 4) is 0 Å². The van der Waals surface area contributed by atoms with Crippen molar-refractivity contribution >= 4 is 51.8 Å². The minimum atomic E-state index is -0.384. The van der Waals surface area contributed by atoms with E-state index in [2.05, 4.69) is 27.9 Å². The van der Waals surface area contributed by atoms with E-state index in [0.29, 0.717) is 28.4 Å². The number of hydrogen-bond acceptors (Lipinski definition) is 3. The van der Waals surface area contributed by atoms with E-state index in [0.717, 1.165) is 3.57 Å². The van der Waals surface area contributed by atoms with Crippen molar-refractivity contribution in [2.45, 2.75) is 6.92 Å². The van der Waals surface area contributed by atoms with E-state index < -0.39 is 0 Å². The van der Waals surface area contributed by atoms with Gasteiger partial charge in [0.15, 0.2) is 0 Å². The number of carbonyl (C=O) groups excluding carboxylic acids is 2. The van der Waals surface area contributed by atoms with Crippen LogP contribution in [0.3, 0.4) is 0 Å². The number of amides is 1. The second-order valence-corrected chi connectivity index (χ2v) is 5.97. The van der Waals surface area contributed by atoms with Gasteiger partial charge in [0, 0.05) is 14.3 Å². The second kappa shape index (κ2) is 7.60. The Labute approximate surface area is 146 Å². The number of rotatable bonds is 4. The Morgan fingerprint density at radius 3 is 2.50 bits per heavy atom. The number of benzene rings is 2. The first-order valence-corrected chi connectivity index (χ1v) is 8.00. The van der Waals surface area contributed by atoms with Gasteiger partial charge < -0.3 is 10.1 Å². The molecule has 22 heavy (non-hydrogen) atoms. The monoisotopic (exact) mass is 429 g/mol. The maximum Gasteiger partial charge on any atom is 0.338 e. The third-order valence-corrected chi connectivity index (χ3v) is 4.00. The summed E-state index contributed by atoms with van der Waals surface area (Å²) in [7, 11) is 0. The summed E-state index contributed by atoms with van der Waals surface area (Å²) in [5.41, 5.74) is 1.54. The fourth-order valence-corrected chi connectivity index (χ4v) is 2.53. The largest absolute Gasteiger partial charge is 0.462 e. The van der Waals surface area contributed by atoms with Gasteiger partial charge in [-0.05, 0) is 72.0 Å². The molecule has 2 aromatic rings. The highest BCUT2D eigenvalue weighted by atomic mass is 127. The van der Waals surface area contributed by atoms with Crippen LogP contribution in [0, 0.1) is 3.57 Å². The topological polar surface area (TPSA) is 55.4 Å². The van der Waals surface area contributed by atoms with Crippen LogP contribution < -0.4 is 5.32 Å². The predicted octanol–water partition coefficient (Wildman–Crippen LogP) is 4.37. The third-order valence-electron chi connectivity index (χ3n) is 2.83. The summed E-state index contributed by atoms with van der Waals surface area (Å²) in [5, 5.41) is 3.27. The minimum Gasteiger partial charge on any atom is -0.462 e. The van der Waals surface area contributed by atoms with Gasteiger partial charge in [-0.2, -0.15) is 0 Å². The highest BCUT2D eigenvalue weighted by Crippen LogP contribution is 2.20. The summed E-state index contributed by atoms with van der Waals surface area (Å²) < 4.78 is 5.71. The van der Waals surface area contributed by atoms with Gasteiger partial charge in [-0.3, -0.25) is 4.79 Å². The van der Waals surface area contributed by atoms with Crippen molar-refractivity contribution in [2.24, 2.45) is 0 Å². The van der Waals surface area contributed by atoms with Gasteiger partial charge in [-0.25, -0.2) is 4.79 Å². The molecule has 0 bridgehead atoms. The average Bonchev–Trinajstić information content (AvgIpc) is 2.50. The SMILES string of the molecule is CCOC(=O)c1ccc(NC(=O)c2cc(Cl)ccc2I)cc1. The average molecular weight is 430 g/mol. The van der Waals surface area contributed by atoms with Crippen LogP contribution in [0.1, 0.15) is 27.6 Å². The van der Waals surface area contributed by atoms with E-state index in [1.165, 1.54) is 0 Å². The summed E-state index contributed by atoms with van der Waals surface area (Å²) in [4.78, 5) is 23.8. The van der Waals surface area contributed by atoms with Crippen LogP contribution in [0.2, 0.25) is 5.02 Å². The molecule has 0 unspecified atom stereocenters. The number of nitrogens with one attached hydrogen (secondary N) is 1. The maximum atomic E-state index is 12.2. The van der Waals surface area contributed by atoms with Gasteiger partial charge in [0.25, 0.3) is 5.91 Å². The molecule has 0 heterocycles. The number of hydrogen-bond donors (Lipinski definition) is 1. The summed E-state index contributed by atoms with van der Waals surface area (Å²) >= 11 is 7.99. The fraction of sp³-hybridized carbons (Fsp3) is 0.125. The molecule has 4 nitrogen and oxygen atoms in total. The Morgan fingerprint density at radius 2 is 1.86 bits per heavy atom. The molecular weight excluding hydrogens is 417 g/mol. The lowest BCUT2D eigenvalue weighted by Gasteiger charge is -2.08. The first-order valence-electron chi connectivity index (χ1n) is 6.55. The highest BCUT2D eigenvalue weighted by Gasteiger charge is 2.12. The summed E-state index contributed by atoms with van der Waals surface area (Å²) in [6.07, 6.45) is 0. The van der Waals surface area contributed by atoms with Crippen LogP contribution in [-0.2, 0) is 4.74 Å². The molecule has 0 aromatic heterocycles. The summed E-state index contributed by atoms with van der Waals surface area (Å²) in [5.74, 6) is -0.638. The molecule has 0 radical (unpaired) electrons. The molecule has 0 saturated heterocycles. The molecule has 114 valence electrons. The van der Waals surface area contributed by atoms with Crippen LogP contribution >= 0.6 is 34.2 Å². The first-order chi connectivity index (χ1) is 10.5. The van der Waals surface area contributed by atoms with Gasteiger partial charge in [-0.1, -0.05) is 11.6 Å².